The van der Waals surface area contributed by atoms with E-state index in [1.54, 1.807) is 5.57 Å². The van der Waals surface area contributed by atoms with Gasteiger partial charge in [-0.1, -0.05) is 11.6 Å². The maximum atomic E-state index is 5.30. The molecule has 1 fully saturated rings. The number of rotatable bonds is 4. The van der Waals surface area contributed by atoms with Crippen molar-refractivity contribution in [3.63, 3.8) is 0 Å². The predicted octanol–water partition coefficient (Wildman–Crippen LogP) is 2.21. The zero-order chi connectivity index (χ0) is 10.3. The number of nitrogens with one attached hydrogen (secondary N) is 1. The van der Waals surface area contributed by atoms with Crippen LogP contribution in [0.1, 0.15) is 25.7 Å². The van der Waals surface area contributed by atoms with Crippen LogP contribution in [0.4, 0.5) is 0 Å². The first-order chi connectivity index (χ1) is 7.45. The summed E-state index contributed by atoms with van der Waals surface area (Å²) in [7, 11) is 0. The van der Waals surface area contributed by atoms with Gasteiger partial charge in [0.1, 0.15) is 0 Å². The first-order valence-electron chi connectivity index (χ1n) is 6.02. The van der Waals surface area contributed by atoms with Crippen molar-refractivity contribution in [2.75, 3.05) is 31.3 Å². The van der Waals surface area contributed by atoms with Gasteiger partial charge in [-0.05, 0) is 38.0 Å². The summed E-state index contributed by atoms with van der Waals surface area (Å²) >= 11 is 2.09. The minimum atomic E-state index is 0.768. The lowest BCUT2D eigenvalue weighted by atomic mass is 10.1. The second kappa shape index (κ2) is 6.56. The summed E-state index contributed by atoms with van der Waals surface area (Å²) in [5.74, 6) is 2.67. The van der Waals surface area contributed by atoms with E-state index in [9.17, 15) is 0 Å². The Morgan fingerprint density at radius 2 is 2.53 bits per heavy atom. The van der Waals surface area contributed by atoms with Crippen LogP contribution < -0.4 is 5.32 Å². The van der Waals surface area contributed by atoms with E-state index in [0.29, 0.717) is 0 Å². The molecule has 0 spiro atoms. The van der Waals surface area contributed by atoms with Crippen molar-refractivity contribution in [3.8, 4) is 0 Å². The zero-order valence-corrected chi connectivity index (χ0v) is 10.2. The first-order valence-corrected chi connectivity index (χ1v) is 7.17. The largest absolute Gasteiger partial charge is 0.377 e. The molecule has 2 heterocycles. The molecule has 0 aromatic heterocycles. The van der Waals surface area contributed by atoms with E-state index < -0.39 is 0 Å². The second-order valence-electron chi connectivity index (χ2n) is 4.31. The van der Waals surface area contributed by atoms with Gasteiger partial charge in [-0.2, -0.15) is 11.8 Å². The van der Waals surface area contributed by atoms with Crippen LogP contribution in [0.2, 0.25) is 0 Å². The summed E-state index contributed by atoms with van der Waals surface area (Å²) in [5, 5.41) is 3.67. The summed E-state index contributed by atoms with van der Waals surface area (Å²) in [6.45, 7) is 2.90. The Bertz CT molecular complexity index is 212. The summed E-state index contributed by atoms with van der Waals surface area (Å²) in [4.78, 5) is 0. The monoisotopic (exact) mass is 227 g/mol. The molecule has 2 aliphatic heterocycles. The first kappa shape index (κ1) is 11.5. The third kappa shape index (κ3) is 4.17. The van der Waals surface area contributed by atoms with Crippen LogP contribution in [0, 0.1) is 0 Å². The molecule has 3 heteroatoms. The molecular weight excluding hydrogens is 206 g/mol. The van der Waals surface area contributed by atoms with E-state index >= 15 is 0 Å². The number of ether oxygens (including phenoxy) is 1. The van der Waals surface area contributed by atoms with E-state index in [0.717, 1.165) is 32.2 Å². The molecule has 1 N–H and O–H groups in total. The van der Waals surface area contributed by atoms with Crippen LogP contribution in [-0.2, 0) is 4.74 Å². The molecule has 15 heavy (non-hydrogen) atoms. The number of hydrogen-bond donors (Lipinski definition) is 1. The van der Waals surface area contributed by atoms with E-state index in [4.69, 9.17) is 4.74 Å². The molecule has 0 amide bonds. The van der Waals surface area contributed by atoms with Crippen molar-refractivity contribution in [3.05, 3.63) is 11.6 Å². The Hall–Kier alpha value is 0.01000. The van der Waals surface area contributed by atoms with Crippen LogP contribution in [0.25, 0.3) is 0 Å². The van der Waals surface area contributed by atoms with E-state index in [1.165, 1.54) is 30.8 Å². The van der Waals surface area contributed by atoms with Gasteiger partial charge in [0.05, 0.1) is 13.2 Å². The fourth-order valence-corrected chi connectivity index (χ4v) is 3.24. The Balaban J connectivity index is 1.59. The van der Waals surface area contributed by atoms with Gasteiger partial charge < -0.3 is 10.1 Å². The minimum absolute atomic E-state index is 0.768. The maximum Gasteiger partial charge on any atom is 0.0650 e. The van der Waals surface area contributed by atoms with Crippen LogP contribution in [0.3, 0.4) is 0 Å². The molecule has 0 bridgehead atoms. The third-order valence-electron chi connectivity index (χ3n) is 3.10. The predicted molar refractivity (Wildman–Crippen MR) is 66.5 cm³/mol. The fourth-order valence-electron chi connectivity index (χ4n) is 2.13. The van der Waals surface area contributed by atoms with Crippen molar-refractivity contribution in [1.29, 1.82) is 0 Å². The second-order valence-corrected chi connectivity index (χ2v) is 5.46. The molecule has 0 aliphatic carbocycles. The van der Waals surface area contributed by atoms with Crippen molar-refractivity contribution < 1.29 is 4.74 Å². The van der Waals surface area contributed by atoms with Crippen LogP contribution in [0.5, 0.6) is 0 Å². The summed E-state index contributed by atoms with van der Waals surface area (Å²) in [6, 6.07) is 0.768. The van der Waals surface area contributed by atoms with Gasteiger partial charge in [0.15, 0.2) is 0 Å². The molecule has 0 saturated carbocycles. The standard InChI is InChI=1S/C12H21NOS/c1-2-12(10-15-9-1)13-6-3-11-4-7-14-8-5-11/h4,12-13H,1-3,5-10H2. The quantitative estimate of drug-likeness (QED) is 0.744. The van der Waals surface area contributed by atoms with Gasteiger partial charge in [0, 0.05) is 11.8 Å². The molecule has 0 aromatic carbocycles. The van der Waals surface area contributed by atoms with Crippen molar-refractivity contribution in [2.45, 2.75) is 31.7 Å². The smallest absolute Gasteiger partial charge is 0.0650 e. The average molecular weight is 227 g/mol. The molecule has 1 saturated heterocycles. The molecule has 1 atom stereocenters. The van der Waals surface area contributed by atoms with Gasteiger partial charge in [0.25, 0.3) is 0 Å². The molecule has 1 unspecified atom stereocenters. The lowest BCUT2D eigenvalue weighted by molar-refractivity contribution is 0.153. The Morgan fingerprint density at radius 3 is 3.27 bits per heavy atom. The molecule has 0 radical (unpaired) electrons. The van der Waals surface area contributed by atoms with Gasteiger partial charge >= 0.3 is 0 Å². The number of hydrogen-bond acceptors (Lipinski definition) is 3. The van der Waals surface area contributed by atoms with Crippen molar-refractivity contribution >= 4 is 11.8 Å². The lowest BCUT2D eigenvalue weighted by Crippen LogP contribution is -2.34. The molecule has 86 valence electrons. The Morgan fingerprint density at radius 1 is 1.53 bits per heavy atom. The summed E-state index contributed by atoms with van der Waals surface area (Å²) in [6.07, 6.45) is 7.36. The molecule has 2 rings (SSSR count). The van der Waals surface area contributed by atoms with E-state index in [1.807, 2.05) is 0 Å². The topological polar surface area (TPSA) is 21.3 Å². The molecule has 0 aromatic rings. The van der Waals surface area contributed by atoms with Gasteiger partial charge in [0.2, 0.25) is 0 Å². The van der Waals surface area contributed by atoms with Crippen molar-refractivity contribution in [1.82, 2.24) is 5.32 Å². The van der Waals surface area contributed by atoms with Crippen molar-refractivity contribution in [2.24, 2.45) is 0 Å². The van der Waals surface area contributed by atoms with Crippen LogP contribution >= 0.6 is 11.8 Å². The normalized spacial score (nSPS) is 27.5. The van der Waals surface area contributed by atoms with E-state index in [-0.39, 0.29) is 0 Å². The SMILES string of the molecule is C1=C(CCNC2CCCSC2)CCOC1. The Kier molecular flexibility index (Phi) is 5.03. The average Bonchev–Trinajstić information content (AvgIpc) is 2.32. The number of thioether (sulfide) groups is 1. The van der Waals surface area contributed by atoms with Gasteiger partial charge in [-0.15, -0.1) is 0 Å². The van der Waals surface area contributed by atoms with Gasteiger partial charge in [-0.25, -0.2) is 0 Å². The summed E-state index contributed by atoms with van der Waals surface area (Å²) in [5.41, 5.74) is 1.58. The third-order valence-corrected chi connectivity index (χ3v) is 4.31. The van der Waals surface area contributed by atoms with Gasteiger partial charge in [-0.3, -0.25) is 0 Å². The molecule has 2 aliphatic rings. The maximum absolute atomic E-state index is 5.30. The highest BCUT2D eigenvalue weighted by molar-refractivity contribution is 7.99. The Labute approximate surface area is 96.8 Å². The molecular formula is C12H21NOS. The highest BCUT2D eigenvalue weighted by atomic mass is 32.2. The minimum Gasteiger partial charge on any atom is -0.377 e. The zero-order valence-electron chi connectivity index (χ0n) is 9.34. The highest BCUT2D eigenvalue weighted by Crippen LogP contribution is 2.17. The van der Waals surface area contributed by atoms with Crippen LogP contribution in [-0.4, -0.2) is 37.3 Å². The summed E-state index contributed by atoms with van der Waals surface area (Å²) < 4.78 is 5.30. The van der Waals surface area contributed by atoms with E-state index in [2.05, 4.69) is 23.2 Å². The van der Waals surface area contributed by atoms with Crippen LogP contribution in [0.15, 0.2) is 11.6 Å². The lowest BCUT2D eigenvalue weighted by Gasteiger charge is -2.23. The molecule has 2 nitrogen and oxygen atoms in total. The fraction of sp³-hybridized carbons (Fsp3) is 0.833. The highest BCUT2D eigenvalue weighted by Gasteiger charge is 2.12.